The van der Waals surface area contributed by atoms with E-state index in [1.54, 1.807) is 6.20 Å². The van der Waals surface area contributed by atoms with Crippen molar-refractivity contribution in [1.29, 1.82) is 0 Å². The van der Waals surface area contributed by atoms with E-state index in [0.29, 0.717) is 11.8 Å². The first kappa shape index (κ1) is 15.4. The van der Waals surface area contributed by atoms with Gasteiger partial charge in [0.2, 0.25) is 0 Å². The number of hydrogen-bond acceptors (Lipinski definition) is 3. The summed E-state index contributed by atoms with van der Waals surface area (Å²) in [6.07, 6.45) is 6.79. The van der Waals surface area contributed by atoms with E-state index in [-0.39, 0.29) is 5.91 Å². The van der Waals surface area contributed by atoms with Crippen LogP contribution in [0.2, 0.25) is 0 Å². The maximum absolute atomic E-state index is 12.8. The van der Waals surface area contributed by atoms with E-state index in [0.717, 1.165) is 56.8 Å². The van der Waals surface area contributed by atoms with Crippen molar-refractivity contribution in [3.8, 4) is 0 Å². The number of rotatable bonds is 3. The zero-order chi connectivity index (χ0) is 16.4. The summed E-state index contributed by atoms with van der Waals surface area (Å²) < 4.78 is 0. The number of hydrogen-bond donors (Lipinski definition) is 2. The normalized spacial score (nSPS) is 22.0. The number of piperidine rings is 1. The number of aromatic amines is 1. The van der Waals surface area contributed by atoms with Gasteiger partial charge in [0.1, 0.15) is 5.82 Å². The van der Waals surface area contributed by atoms with Crippen molar-refractivity contribution in [3.63, 3.8) is 0 Å². The van der Waals surface area contributed by atoms with Gasteiger partial charge in [-0.3, -0.25) is 4.79 Å². The summed E-state index contributed by atoms with van der Waals surface area (Å²) in [6.45, 7) is 3.70. The predicted octanol–water partition coefficient (Wildman–Crippen LogP) is 2.51. The minimum atomic E-state index is 0.167. The van der Waals surface area contributed by atoms with E-state index in [9.17, 15) is 4.79 Å². The van der Waals surface area contributed by atoms with Crippen LogP contribution in [0.3, 0.4) is 0 Å². The number of amides is 1. The molecule has 5 nitrogen and oxygen atoms in total. The van der Waals surface area contributed by atoms with Crippen LogP contribution < -0.4 is 5.32 Å². The third-order valence-electron chi connectivity index (χ3n) is 5.35. The van der Waals surface area contributed by atoms with Gasteiger partial charge in [0.15, 0.2) is 0 Å². The number of aromatic nitrogens is 2. The Bertz CT molecular complexity index is 683. The summed E-state index contributed by atoms with van der Waals surface area (Å²) in [5.41, 5.74) is 2.12. The lowest BCUT2D eigenvalue weighted by molar-refractivity contribution is 0.0711. The Hall–Kier alpha value is -2.14. The first-order valence-corrected chi connectivity index (χ1v) is 8.90. The molecule has 2 aromatic rings. The lowest BCUT2D eigenvalue weighted by Gasteiger charge is -2.31. The molecule has 1 aromatic heterocycles. The summed E-state index contributed by atoms with van der Waals surface area (Å²) in [4.78, 5) is 22.4. The summed E-state index contributed by atoms with van der Waals surface area (Å²) >= 11 is 0. The van der Waals surface area contributed by atoms with Gasteiger partial charge in [-0.2, -0.15) is 0 Å². The van der Waals surface area contributed by atoms with Crippen LogP contribution in [0.25, 0.3) is 0 Å². The highest BCUT2D eigenvalue weighted by Crippen LogP contribution is 2.27. The average Bonchev–Trinajstić information content (AvgIpc) is 3.35. The molecule has 126 valence electrons. The monoisotopic (exact) mass is 324 g/mol. The number of carbonyl (C=O) groups is 1. The topological polar surface area (TPSA) is 61.0 Å². The van der Waals surface area contributed by atoms with Crippen molar-refractivity contribution in [3.05, 3.63) is 53.6 Å². The molecule has 1 aromatic carbocycles. The Morgan fingerprint density at radius 2 is 2.04 bits per heavy atom. The largest absolute Gasteiger partial charge is 0.348 e. The van der Waals surface area contributed by atoms with Crippen LogP contribution in [0, 0.1) is 0 Å². The molecule has 4 rings (SSSR count). The number of carbonyl (C=O) groups excluding carboxylic acids is 1. The second kappa shape index (κ2) is 6.77. The number of nitrogens with one attached hydrogen (secondary N) is 2. The number of H-pyrrole nitrogens is 1. The third-order valence-corrected chi connectivity index (χ3v) is 5.35. The molecule has 2 aliphatic rings. The van der Waals surface area contributed by atoms with Gasteiger partial charge in [-0.1, -0.05) is 12.1 Å². The van der Waals surface area contributed by atoms with Gasteiger partial charge in [-0.25, -0.2) is 4.98 Å². The van der Waals surface area contributed by atoms with Crippen LogP contribution in [-0.2, 0) is 0 Å². The fourth-order valence-corrected chi connectivity index (χ4v) is 3.90. The summed E-state index contributed by atoms with van der Waals surface area (Å²) in [7, 11) is 0. The molecule has 2 saturated heterocycles. The Kier molecular flexibility index (Phi) is 4.34. The molecule has 0 unspecified atom stereocenters. The van der Waals surface area contributed by atoms with E-state index in [1.807, 2.05) is 23.2 Å². The Morgan fingerprint density at radius 3 is 2.75 bits per heavy atom. The number of benzene rings is 1. The standard InChI is InChI=1S/C19H24N4O/c24-19(16-3-1-2-15(12-16)17-4-7-20-13-17)23-10-5-14(6-11-23)18-21-8-9-22-18/h1-3,8-9,12,14,17,20H,4-7,10-11,13H2,(H,21,22)/t17-/m0/s1. The molecule has 2 aliphatic heterocycles. The molecular weight excluding hydrogens is 300 g/mol. The van der Waals surface area contributed by atoms with Crippen LogP contribution in [-0.4, -0.2) is 47.0 Å². The maximum Gasteiger partial charge on any atom is 0.253 e. The van der Waals surface area contributed by atoms with Gasteiger partial charge in [0.25, 0.3) is 5.91 Å². The first-order chi connectivity index (χ1) is 11.8. The van der Waals surface area contributed by atoms with E-state index in [2.05, 4.69) is 27.4 Å². The van der Waals surface area contributed by atoms with E-state index < -0.39 is 0 Å². The van der Waals surface area contributed by atoms with Crippen molar-refractivity contribution < 1.29 is 4.79 Å². The average molecular weight is 324 g/mol. The van der Waals surface area contributed by atoms with Crippen LogP contribution in [0.5, 0.6) is 0 Å². The summed E-state index contributed by atoms with van der Waals surface area (Å²) in [6, 6.07) is 8.22. The molecule has 0 radical (unpaired) electrons. The Balaban J connectivity index is 1.42. The van der Waals surface area contributed by atoms with Crippen molar-refractivity contribution in [2.24, 2.45) is 0 Å². The fourth-order valence-electron chi connectivity index (χ4n) is 3.90. The zero-order valence-electron chi connectivity index (χ0n) is 13.9. The van der Waals surface area contributed by atoms with Crippen LogP contribution >= 0.6 is 0 Å². The molecular formula is C19H24N4O. The van der Waals surface area contributed by atoms with Crippen LogP contribution in [0.4, 0.5) is 0 Å². The molecule has 1 amide bonds. The molecule has 0 bridgehead atoms. The van der Waals surface area contributed by atoms with Crippen LogP contribution in [0.15, 0.2) is 36.7 Å². The van der Waals surface area contributed by atoms with Crippen molar-refractivity contribution in [2.45, 2.75) is 31.1 Å². The van der Waals surface area contributed by atoms with E-state index in [4.69, 9.17) is 0 Å². The molecule has 2 N–H and O–H groups in total. The molecule has 3 heterocycles. The van der Waals surface area contributed by atoms with Crippen LogP contribution in [0.1, 0.15) is 52.8 Å². The second-order valence-corrected chi connectivity index (χ2v) is 6.86. The molecule has 5 heteroatoms. The van der Waals surface area contributed by atoms with Gasteiger partial charge >= 0.3 is 0 Å². The molecule has 0 spiro atoms. The quantitative estimate of drug-likeness (QED) is 0.912. The summed E-state index contributed by atoms with van der Waals surface area (Å²) in [5, 5.41) is 3.40. The smallest absolute Gasteiger partial charge is 0.253 e. The third kappa shape index (κ3) is 3.08. The molecule has 0 saturated carbocycles. The van der Waals surface area contributed by atoms with E-state index in [1.165, 1.54) is 5.56 Å². The number of nitrogens with zero attached hydrogens (tertiary/aromatic N) is 2. The second-order valence-electron chi connectivity index (χ2n) is 6.86. The highest BCUT2D eigenvalue weighted by atomic mass is 16.2. The lowest BCUT2D eigenvalue weighted by Crippen LogP contribution is -2.38. The minimum Gasteiger partial charge on any atom is -0.348 e. The van der Waals surface area contributed by atoms with Gasteiger partial charge in [0, 0.05) is 43.5 Å². The van der Waals surface area contributed by atoms with Gasteiger partial charge in [-0.15, -0.1) is 0 Å². The summed E-state index contributed by atoms with van der Waals surface area (Å²) in [5.74, 6) is 2.21. The Labute approximate surface area is 142 Å². The molecule has 24 heavy (non-hydrogen) atoms. The van der Waals surface area contributed by atoms with Gasteiger partial charge in [0.05, 0.1) is 0 Å². The highest BCUT2D eigenvalue weighted by Gasteiger charge is 2.26. The van der Waals surface area contributed by atoms with Gasteiger partial charge < -0.3 is 15.2 Å². The highest BCUT2D eigenvalue weighted by molar-refractivity contribution is 5.94. The SMILES string of the molecule is O=C(c1cccc([C@H]2CCNC2)c1)N1CCC(c2ncc[nH]2)CC1. The van der Waals surface area contributed by atoms with Crippen molar-refractivity contribution in [2.75, 3.05) is 26.2 Å². The fraction of sp³-hybridized carbons (Fsp3) is 0.474. The maximum atomic E-state index is 12.8. The molecule has 1 atom stereocenters. The predicted molar refractivity (Wildman–Crippen MR) is 93.1 cm³/mol. The molecule has 2 fully saturated rings. The van der Waals surface area contributed by atoms with Crippen molar-refractivity contribution in [1.82, 2.24) is 20.2 Å². The number of likely N-dealkylation sites (tertiary alicyclic amines) is 1. The Morgan fingerprint density at radius 1 is 1.17 bits per heavy atom. The first-order valence-electron chi connectivity index (χ1n) is 8.90. The number of imidazole rings is 1. The lowest BCUT2D eigenvalue weighted by atomic mass is 9.94. The van der Waals surface area contributed by atoms with Gasteiger partial charge in [-0.05, 0) is 49.4 Å². The van der Waals surface area contributed by atoms with E-state index >= 15 is 0 Å². The minimum absolute atomic E-state index is 0.167. The zero-order valence-corrected chi connectivity index (χ0v) is 13.9. The molecule has 0 aliphatic carbocycles. The van der Waals surface area contributed by atoms with Crippen molar-refractivity contribution >= 4 is 5.91 Å².